The van der Waals surface area contributed by atoms with Gasteiger partial charge in [0.05, 0.1) is 4.90 Å². The average molecular weight is 393 g/mol. The first-order chi connectivity index (χ1) is 12.9. The number of sulfonamides is 1. The lowest BCUT2D eigenvalue weighted by Gasteiger charge is -2.07. The Balaban J connectivity index is 1.64. The van der Waals surface area contributed by atoms with Crippen molar-refractivity contribution in [1.29, 1.82) is 0 Å². The van der Waals surface area contributed by atoms with E-state index in [0.29, 0.717) is 12.1 Å². The zero-order chi connectivity index (χ0) is 19.4. The summed E-state index contributed by atoms with van der Waals surface area (Å²) in [6.07, 6.45) is 3.76. The summed E-state index contributed by atoms with van der Waals surface area (Å²) < 4.78 is 28.8. The van der Waals surface area contributed by atoms with E-state index >= 15 is 0 Å². The Hall–Kier alpha value is -2.46. The van der Waals surface area contributed by atoms with Gasteiger partial charge in [-0.1, -0.05) is 18.6 Å². The maximum Gasteiger partial charge on any atom is 0.346 e. The Kier molecular flexibility index (Phi) is 5.76. The van der Waals surface area contributed by atoms with E-state index in [0.717, 1.165) is 31.5 Å². The summed E-state index contributed by atoms with van der Waals surface area (Å²) in [5, 5.41) is 6.98. The van der Waals surface area contributed by atoms with Crippen molar-refractivity contribution in [3.05, 3.63) is 46.1 Å². The third-order valence-corrected chi connectivity index (χ3v) is 5.95. The van der Waals surface area contributed by atoms with Gasteiger partial charge in [0.2, 0.25) is 15.9 Å². The molecule has 0 aliphatic carbocycles. The van der Waals surface area contributed by atoms with Crippen molar-refractivity contribution in [2.24, 2.45) is 0 Å². The number of carbonyl (C=O) groups excluding carboxylic acids is 1. The van der Waals surface area contributed by atoms with E-state index in [2.05, 4.69) is 15.1 Å². The van der Waals surface area contributed by atoms with Crippen LogP contribution >= 0.6 is 0 Å². The van der Waals surface area contributed by atoms with E-state index in [1.165, 1.54) is 23.9 Å². The maximum absolute atomic E-state index is 12.4. The molecule has 0 saturated carbocycles. The van der Waals surface area contributed by atoms with Gasteiger partial charge in [0, 0.05) is 19.5 Å². The molecule has 0 unspecified atom stereocenters. The van der Waals surface area contributed by atoms with Crippen LogP contribution < -0.4 is 15.7 Å². The lowest BCUT2D eigenvalue weighted by atomic mass is 10.2. The molecule has 0 bridgehead atoms. The lowest BCUT2D eigenvalue weighted by Crippen LogP contribution is -2.33. The number of hydrogen-bond acceptors (Lipinski definition) is 5. The standard InChI is InChI=1S/C17H23N5O4S/c1-18-27(25,26)14-7-5-6-13(10-14)11-19-16(23)12-22-17(24)21-9-4-2-3-8-15(21)20-22/h5-7,10,18H,2-4,8-9,11-12H2,1H3,(H,19,23). The number of carbonyl (C=O) groups is 1. The fourth-order valence-electron chi connectivity index (χ4n) is 3.06. The molecule has 2 aromatic rings. The molecule has 0 fully saturated rings. The molecule has 9 nitrogen and oxygen atoms in total. The number of benzene rings is 1. The number of hydrogen-bond donors (Lipinski definition) is 2. The van der Waals surface area contributed by atoms with Crippen LogP contribution in [0, 0.1) is 0 Å². The second-order valence-electron chi connectivity index (χ2n) is 6.45. The largest absolute Gasteiger partial charge is 0.350 e. The summed E-state index contributed by atoms with van der Waals surface area (Å²) in [4.78, 5) is 24.7. The predicted octanol–water partition coefficient (Wildman–Crippen LogP) is -0.00430. The van der Waals surface area contributed by atoms with Crippen molar-refractivity contribution in [3.63, 3.8) is 0 Å². The molecule has 1 aliphatic heterocycles. The highest BCUT2D eigenvalue weighted by atomic mass is 32.2. The molecule has 2 N–H and O–H groups in total. The molecular formula is C17H23N5O4S. The molecule has 2 heterocycles. The monoisotopic (exact) mass is 393 g/mol. The zero-order valence-corrected chi connectivity index (χ0v) is 16.0. The van der Waals surface area contributed by atoms with Crippen LogP contribution in [-0.4, -0.2) is 35.7 Å². The van der Waals surface area contributed by atoms with E-state index in [4.69, 9.17) is 0 Å². The summed E-state index contributed by atoms with van der Waals surface area (Å²) in [5.41, 5.74) is 0.386. The van der Waals surface area contributed by atoms with Gasteiger partial charge in [-0.15, -0.1) is 0 Å². The maximum atomic E-state index is 12.4. The van der Waals surface area contributed by atoms with Gasteiger partial charge in [0.1, 0.15) is 12.4 Å². The zero-order valence-electron chi connectivity index (χ0n) is 15.1. The molecule has 3 rings (SSSR count). The smallest absolute Gasteiger partial charge is 0.346 e. The SMILES string of the molecule is CNS(=O)(=O)c1cccc(CNC(=O)Cn2nc3n(c2=O)CCCCC3)c1. The molecule has 0 atom stereocenters. The van der Waals surface area contributed by atoms with Gasteiger partial charge in [0.25, 0.3) is 0 Å². The van der Waals surface area contributed by atoms with Gasteiger partial charge in [-0.25, -0.2) is 22.6 Å². The minimum absolute atomic E-state index is 0.130. The number of aromatic nitrogens is 3. The second-order valence-corrected chi connectivity index (χ2v) is 8.34. The topological polar surface area (TPSA) is 115 Å². The van der Waals surface area contributed by atoms with Gasteiger partial charge in [-0.3, -0.25) is 9.36 Å². The molecule has 27 heavy (non-hydrogen) atoms. The number of fused-ring (bicyclic) bond motifs is 1. The van der Waals surface area contributed by atoms with Crippen LogP contribution in [-0.2, 0) is 40.9 Å². The van der Waals surface area contributed by atoms with E-state index < -0.39 is 10.0 Å². The van der Waals surface area contributed by atoms with Gasteiger partial charge < -0.3 is 5.32 Å². The van der Waals surface area contributed by atoms with Gasteiger partial charge in [-0.2, -0.15) is 5.10 Å². The number of rotatable bonds is 6. The molecular weight excluding hydrogens is 370 g/mol. The molecule has 0 radical (unpaired) electrons. The number of nitrogens with one attached hydrogen (secondary N) is 2. The molecule has 1 aromatic heterocycles. The van der Waals surface area contributed by atoms with Crippen LogP contribution in [0.15, 0.2) is 34.0 Å². The number of amides is 1. The van der Waals surface area contributed by atoms with Crippen molar-refractivity contribution in [3.8, 4) is 0 Å². The van der Waals surface area contributed by atoms with Crippen molar-refractivity contribution >= 4 is 15.9 Å². The molecule has 0 spiro atoms. The van der Waals surface area contributed by atoms with E-state index in [1.807, 2.05) is 0 Å². The minimum Gasteiger partial charge on any atom is -0.350 e. The van der Waals surface area contributed by atoms with Gasteiger partial charge in [0.15, 0.2) is 0 Å². The summed E-state index contributed by atoms with van der Waals surface area (Å²) in [6, 6.07) is 6.31. The molecule has 0 saturated heterocycles. The summed E-state index contributed by atoms with van der Waals surface area (Å²) in [5.74, 6) is 0.377. The third kappa shape index (κ3) is 4.45. The Morgan fingerprint density at radius 3 is 2.85 bits per heavy atom. The van der Waals surface area contributed by atoms with E-state index in [1.54, 1.807) is 16.7 Å². The fourth-order valence-corrected chi connectivity index (χ4v) is 3.86. The van der Waals surface area contributed by atoms with Crippen LogP contribution in [0.5, 0.6) is 0 Å². The normalized spacial score (nSPS) is 14.4. The Bertz CT molecular complexity index is 993. The summed E-state index contributed by atoms with van der Waals surface area (Å²) >= 11 is 0. The van der Waals surface area contributed by atoms with E-state index in [-0.39, 0.29) is 29.6 Å². The molecule has 1 aliphatic rings. The van der Waals surface area contributed by atoms with Gasteiger partial charge in [-0.05, 0) is 37.6 Å². The third-order valence-electron chi connectivity index (χ3n) is 4.54. The molecule has 146 valence electrons. The van der Waals surface area contributed by atoms with Crippen LogP contribution in [0.2, 0.25) is 0 Å². The minimum atomic E-state index is -3.54. The predicted molar refractivity (Wildman–Crippen MR) is 98.6 cm³/mol. The van der Waals surface area contributed by atoms with Crippen molar-refractivity contribution in [1.82, 2.24) is 24.4 Å². The van der Waals surface area contributed by atoms with Crippen LogP contribution in [0.1, 0.15) is 30.7 Å². The highest BCUT2D eigenvalue weighted by Crippen LogP contribution is 2.11. The first-order valence-corrected chi connectivity index (χ1v) is 10.3. The first-order valence-electron chi connectivity index (χ1n) is 8.86. The molecule has 1 aromatic carbocycles. The Morgan fingerprint density at radius 2 is 2.07 bits per heavy atom. The quantitative estimate of drug-likeness (QED) is 0.717. The number of nitrogens with zero attached hydrogens (tertiary/aromatic N) is 3. The Labute approximate surface area is 157 Å². The fraction of sp³-hybridized carbons (Fsp3) is 0.471. The summed E-state index contributed by atoms with van der Waals surface area (Å²) in [6.45, 7) is 0.643. The number of aryl methyl sites for hydroxylation is 1. The summed E-state index contributed by atoms with van der Waals surface area (Å²) in [7, 11) is -2.20. The van der Waals surface area contributed by atoms with E-state index in [9.17, 15) is 18.0 Å². The second kappa shape index (κ2) is 8.05. The van der Waals surface area contributed by atoms with Crippen molar-refractivity contribution < 1.29 is 13.2 Å². The lowest BCUT2D eigenvalue weighted by molar-refractivity contribution is -0.122. The highest BCUT2D eigenvalue weighted by molar-refractivity contribution is 7.89. The van der Waals surface area contributed by atoms with Crippen LogP contribution in [0.25, 0.3) is 0 Å². The highest BCUT2D eigenvalue weighted by Gasteiger charge is 2.17. The van der Waals surface area contributed by atoms with Crippen molar-refractivity contribution in [2.75, 3.05) is 7.05 Å². The van der Waals surface area contributed by atoms with Crippen LogP contribution in [0.3, 0.4) is 0 Å². The van der Waals surface area contributed by atoms with Crippen LogP contribution in [0.4, 0.5) is 0 Å². The van der Waals surface area contributed by atoms with Crippen molar-refractivity contribution in [2.45, 2.75) is 50.2 Å². The van der Waals surface area contributed by atoms with Gasteiger partial charge >= 0.3 is 5.69 Å². The Morgan fingerprint density at radius 1 is 1.26 bits per heavy atom. The molecule has 10 heteroatoms. The average Bonchev–Trinajstić information content (AvgIpc) is 2.83. The first kappa shape index (κ1) is 19.3. The molecule has 1 amide bonds.